The molecule has 0 saturated carbocycles. The van der Waals surface area contributed by atoms with Crippen LogP contribution in [0.1, 0.15) is 37.7 Å². The Kier molecular flexibility index (Phi) is 6.72. The molecule has 0 aliphatic carbocycles. The zero-order valence-corrected chi connectivity index (χ0v) is 14.6. The second kappa shape index (κ2) is 8.55. The topological polar surface area (TPSA) is 41.6 Å². The molecule has 1 N–H and O–H groups in total. The number of likely N-dealkylation sites (tertiary alicyclic amines) is 1. The summed E-state index contributed by atoms with van der Waals surface area (Å²) in [5, 5.41) is 3.62. The fraction of sp³-hybridized carbons (Fsp3) is 0.611. The quantitative estimate of drug-likeness (QED) is 0.897. The standard InChI is InChI=1S/C18H26N2O2.ClH/c1-22-17-9-5-14(6-10-17)3-2-4-18(21)20-12-11-15-7-8-16(13-20)19-15;/h5-6,9-10,15-16,19H,2-4,7-8,11-13H2,1H3;1H. The molecule has 2 heterocycles. The Balaban J connectivity index is 0.00000192. The largest absolute Gasteiger partial charge is 0.497 e. The van der Waals surface area contributed by atoms with Gasteiger partial charge in [-0.3, -0.25) is 4.79 Å². The number of hydrogen-bond donors (Lipinski definition) is 1. The Morgan fingerprint density at radius 2 is 1.96 bits per heavy atom. The van der Waals surface area contributed by atoms with E-state index >= 15 is 0 Å². The predicted molar refractivity (Wildman–Crippen MR) is 94.3 cm³/mol. The highest BCUT2D eigenvalue weighted by Gasteiger charge is 2.30. The van der Waals surface area contributed by atoms with Crippen molar-refractivity contribution in [2.75, 3.05) is 20.2 Å². The number of carbonyl (C=O) groups excluding carboxylic acids is 1. The summed E-state index contributed by atoms with van der Waals surface area (Å²) in [7, 11) is 1.68. The first kappa shape index (κ1) is 18.1. The van der Waals surface area contributed by atoms with E-state index in [-0.39, 0.29) is 12.4 Å². The number of halogens is 1. The van der Waals surface area contributed by atoms with Gasteiger partial charge in [-0.1, -0.05) is 12.1 Å². The minimum atomic E-state index is 0. The second-order valence-corrected chi connectivity index (χ2v) is 6.47. The van der Waals surface area contributed by atoms with Crippen LogP contribution in [0.3, 0.4) is 0 Å². The summed E-state index contributed by atoms with van der Waals surface area (Å²) >= 11 is 0. The molecule has 4 nitrogen and oxygen atoms in total. The first-order valence-electron chi connectivity index (χ1n) is 8.41. The van der Waals surface area contributed by atoms with E-state index in [0.29, 0.717) is 24.4 Å². The molecular weight excluding hydrogens is 312 g/mol. The van der Waals surface area contributed by atoms with Crippen molar-refractivity contribution in [3.05, 3.63) is 29.8 Å². The molecule has 2 aliphatic rings. The number of fused-ring (bicyclic) bond motifs is 2. The molecular formula is C18H27ClN2O2. The van der Waals surface area contributed by atoms with Gasteiger partial charge in [0.15, 0.2) is 0 Å². The smallest absolute Gasteiger partial charge is 0.222 e. The number of ether oxygens (including phenoxy) is 1. The number of amides is 1. The molecule has 2 unspecified atom stereocenters. The monoisotopic (exact) mass is 338 g/mol. The summed E-state index contributed by atoms with van der Waals surface area (Å²) < 4.78 is 5.16. The molecule has 23 heavy (non-hydrogen) atoms. The first-order chi connectivity index (χ1) is 10.7. The molecule has 1 aromatic carbocycles. The molecule has 3 rings (SSSR count). The van der Waals surface area contributed by atoms with Crippen molar-refractivity contribution >= 4 is 18.3 Å². The van der Waals surface area contributed by atoms with E-state index in [4.69, 9.17) is 4.74 Å². The average molecular weight is 339 g/mol. The highest BCUT2D eigenvalue weighted by atomic mass is 35.5. The minimum absolute atomic E-state index is 0. The van der Waals surface area contributed by atoms with Crippen LogP contribution in [-0.2, 0) is 11.2 Å². The van der Waals surface area contributed by atoms with Gasteiger partial charge in [0.1, 0.15) is 5.75 Å². The Morgan fingerprint density at radius 1 is 1.22 bits per heavy atom. The summed E-state index contributed by atoms with van der Waals surface area (Å²) in [4.78, 5) is 14.5. The normalized spacial score (nSPS) is 23.1. The average Bonchev–Trinajstić information content (AvgIpc) is 2.87. The molecule has 128 valence electrons. The van der Waals surface area contributed by atoms with Crippen LogP contribution in [0.25, 0.3) is 0 Å². The van der Waals surface area contributed by atoms with Crippen LogP contribution >= 0.6 is 12.4 Å². The van der Waals surface area contributed by atoms with Crippen LogP contribution in [0, 0.1) is 0 Å². The van der Waals surface area contributed by atoms with E-state index in [1.807, 2.05) is 12.1 Å². The van der Waals surface area contributed by atoms with Gasteiger partial charge in [0.25, 0.3) is 0 Å². The number of nitrogens with one attached hydrogen (secondary N) is 1. The number of rotatable bonds is 5. The summed E-state index contributed by atoms with van der Waals surface area (Å²) in [6, 6.07) is 9.29. The molecule has 1 aromatic rings. The molecule has 0 radical (unpaired) electrons. The molecule has 2 bridgehead atoms. The maximum absolute atomic E-state index is 12.4. The SMILES string of the molecule is COc1ccc(CCCC(=O)N2CCC3CCC(C2)N3)cc1.Cl. The molecule has 5 heteroatoms. The van der Waals surface area contributed by atoms with Crippen molar-refractivity contribution in [2.45, 2.75) is 50.6 Å². The van der Waals surface area contributed by atoms with Gasteiger partial charge in [-0.15, -0.1) is 12.4 Å². The minimum Gasteiger partial charge on any atom is -0.497 e. The van der Waals surface area contributed by atoms with Gasteiger partial charge in [-0.05, 0) is 49.8 Å². The van der Waals surface area contributed by atoms with Gasteiger partial charge in [-0.2, -0.15) is 0 Å². The van der Waals surface area contributed by atoms with Crippen molar-refractivity contribution in [1.29, 1.82) is 0 Å². The number of carbonyl (C=O) groups is 1. The van der Waals surface area contributed by atoms with Crippen molar-refractivity contribution in [3.8, 4) is 5.75 Å². The molecule has 2 aliphatic heterocycles. The van der Waals surface area contributed by atoms with Crippen LogP contribution in [0.15, 0.2) is 24.3 Å². The summed E-state index contributed by atoms with van der Waals surface area (Å²) in [6.07, 6.45) is 6.14. The molecule has 0 spiro atoms. The van der Waals surface area contributed by atoms with Crippen molar-refractivity contribution in [2.24, 2.45) is 0 Å². The van der Waals surface area contributed by atoms with E-state index < -0.39 is 0 Å². The third-order valence-corrected chi connectivity index (χ3v) is 4.89. The Labute approximate surface area is 145 Å². The fourth-order valence-electron chi connectivity index (χ4n) is 3.56. The van der Waals surface area contributed by atoms with Crippen LogP contribution in [-0.4, -0.2) is 43.1 Å². The van der Waals surface area contributed by atoms with Gasteiger partial charge in [0, 0.05) is 31.6 Å². The van der Waals surface area contributed by atoms with Crippen LogP contribution in [0.2, 0.25) is 0 Å². The molecule has 2 saturated heterocycles. The Morgan fingerprint density at radius 3 is 2.70 bits per heavy atom. The first-order valence-corrected chi connectivity index (χ1v) is 8.41. The maximum Gasteiger partial charge on any atom is 0.222 e. The third kappa shape index (κ3) is 4.85. The number of aryl methyl sites for hydroxylation is 1. The number of nitrogens with zero attached hydrogens (tertiary/aromatic N) is 1. The van der Waals surface area contributed by atoms with Crippen molar-refractivity contribution < 1.29 is 9.53 Å². The lowest BCUT2D eigenvalue weighted by Crippen LogP contribution is -2.38. The number of benzene rings is 1. The van der Waals surface area contributed by atoms with Crippen molar-refractivity contribution in [1.82, 2.24) is 10.2 Å². The fourth-order valence-corrected chi connectivity index (χ4v) is 3.56. The third-order valence-electron chi connectivity index (χ3n) is 4.89. The summed E-state index contributed by atoms with van der Waals surface area (Å²) in [6.45, 7) is 1.83. The summed E-state index contributed by atoms with van der Waals surface area (Å²) in [5.41, 5.74) is 1.27. The highest BCUT2D eigenvalue weighted by molar-refractivity contribution is 5.85. The predicted octanol–water partition coefficient (Wildman–Crippen LogP) is 2.79. The van der Waals surface area contributed by atoms with E-state index in [1.54, 1.807) is 7.11 Å². The van der Waals surface area contributed by atoms with Crippen LogP contribution < -0.4 is 10.1 Å². The van der Waals surface area contributed by atoms with Crippen LogP contribution in [0.5, 0.6) is 5.75 Å². The zero-order valence-electron chi connectivity index (χ0n) is 13.8. The summed E-state index contributed by atoms with van der Waals surface area (Å²) in [5.74, 6) is 1.20. The molecule has 1 amide bonds. The molecule has 0 aromatic heterocycles. The van der Waals surface area contributed by atoms with Crippen LogP contribution in [0.4, 0.5) is 0 Å². The Hall–Kier alpha value is -1.26. The van der Waals surface area contributed by atoms with E-state index in [2.05, 4.69) is 22.3 Å². The van der Waals surface area contributed by atoms with Gasteiger partial charge >= 0.3 is 0 Å². The lowest BCUT2D eigenvalue weighted by atomic mass is 10.1. The zero-order chi connectivity index (χ0) is 15.4. The molecule has 2 atom stereocenters. The van der Waals surface area contributed by atoms with E-state index in [9.17, 15) is 4.79 Å². The lowest BCUT2D eigenvalue weighted by Gasteiger charge is -2.24. The van der Waals surface area contributed by atoms with Gasteiger partial charge in [0.05, 0.1) is 7.11 Å². The van der Waals surface area contributed by atoms with E-state index in [0.717, 1.165) is 38.1 Å². The van der Waals surface area contributed by atoms with Gasteiger partial charge in [-0.25, -0.2) is 0 Å². The highest BCUT2D eigenvalue weighted by Crippen LogP contribution is 2.21. The number of hydrogen-bond acceptors (Lipinski definition) is 3. The Bertz CT molecular complexity index is 506. The van der Waals surface area contributed by atoms with Crippen molar-refractivity contribution in [3.63, 3.8) is 0 Å². The lowest BCUT2D eigenvalue weighted by molar-refractivity contribution is -0.131. The maximum atomic E-state index is 12.4. The van der Waals surface area contributed by atoms with E-state index in [1.165, 1.54) is 18.4 Å². The van der Waals surface area contributed by atoms with Gasteiger partial charge in [0.2, 0.25) is 5.91 Å². The number of methoxy groups -OCH3 is 1. The van der Waals surface area contributed by atoms with Gasteiger partial charge < -0.3 is 15.0 Å². The second-order valence-electron chi connectivity index (χ2n) is 6.47. The molecule has 2 fully saturated rings.